The Morgan fingerprint density at radius 2 is 1.97 bits per heavy atom. The summed E-state index contributed by atoms with van der Waals surface area (Å²) in [6.07, 6.45) is 5.29. The lowest BCUT2D eigenvalue weighted by Crippen LogP contribution is -2.28. The number of hydrogen-bond donors (Lipinski definition) is 1. The number of rotatable bonds is 6. The monoisotopic (exact) mass is 407 g/mol. The van der Waals surface area contributed by atoms with Gasteiger partial charge in [-0.2, -0.15) is 0 Å². The summed E-state index contributed by atoms with van der Waals surface area (Å²) in [5.41, 5.74) is 2.25. The lowest BCUT2D eigenvalue weighted by molar-refractivity contribution is 0.0951. The third kappa shape index (κ3) is 3.90. The van der Waals surface area contributed by atoms with Crippen molar-refractivity contribution in [1.82, 2.24) is 25.0 Å². The summed E-state index contributed by atoms with van der Waals surface area (Å²) >= 11 is 6.26. The van der Waals surface area contributed by atoms with Crippen LogP contribution in [0.1, 0.15) is 16.1 Å². The molecule has 0 aliphatic carbocycles. The second-order valence-electron chi connectivity index (χ2n) is 6.36. The number of amides is 1. The highest BCUT2D eigenvalue weighted by molar-refractivity contribution is 6.33. The van der Waals surface area contributed by atoms with Gasteiger partial charge in [0, 0.05) is 37.2 Å². The van der Waals surface area contributed by atoms with Crippen molar-refractivity contribution in [3.8, 4) is 22.8 Å². The van der Waals surface area contributed by atoms with E-state index in [0.29, 0.717) is 40.7 Å². The molecule has 0 atom stereocenters. The Bertz CT molecular complexity index is 1140. The molecule has 3 aromatic heterocycles. The van der Waals surface area contributed by atoms with Crippen LogP contribution in [0.2, 0.25) is 5.02 Å². The maximum absolute atomic E-state index is 12.8. The summed E-state index contributed by atoms with van der Waals surface area (Å²) in [5, 5.41) is 7.46. The number of pyridine rings is 1. The van der Waals surface area contributed by atoms with Crippen LogP contribution >= 0.6 is 11.6 Å². The molecular formula is C21H18ClN5O2. The SMILES string of the molecule is Cc1onc(-c2ccccc2Cl)c1C(=O)NCCn1ccnc1-c1ccccn1. The molecule has 146 valence electrons. The first kappa shape index (κ1) is 18.9. The van der Waals surface area contributed by atoms with Crippen LogP contribution in [0.25, 0.3) is 22.8 Å². The van der Waals surface area contributed by atoms with E-state index in [1.165, 1.54) is 0 Å². The van der Waals surface area contributed by atoms with Gasteiger partial charge in [0.1, 0.15) is 22.7 Å². The Balaban J connectivity index is 1.48. The van der Waals surface area contributed by atoms with Crippen molar-refractivity contribution in [2.75, 3.05) is 6.54 Å². The van der Waals surface area contributed by atoms with E-state index in [9.17, 15) is 4.79 Å². The number of aryl methyl sites for hydroxylation is 1. The molecule has 0 radical (unpaired) electrons. The number of hydrogen-bond acceptors (Lipinski definition) is 5. The van der Waals surface area contributed by atoms with E-state index < -0.39 is 0 Å². The van der Waals surface area contributed by atoms with E-state index in [2.05, 4.69) is 20.4 Å². The Kier molecular flexibility index (Phi) is 5.39. The maximum atomic E-state index is 12.8. The summed E-state index contributed by atoms with van der Waals surface area (Å²) in [6.45, 7) is 2.66. The molecule has 0 spiro atoms. The lowest BCUT2D eigenvalue weighted by atomic mass is 10.1. The molecule has 0 aliphatic heterocycles. The molecule has 7 nitrogen and oxygen atoms in total. The van der Waals surface area contributed by atoms with Crippen molar-refractivity contribution in [3.05, 3.63) is 77.4 Å². The summed E-state index contributed by atoms with van der Waals surface area (Å²) in [7, 11) is 0. The topological polar surface area (TPSA) is 85.8 Å². The molecule has 1 aromatic carbocycles. The minimum atomic E-state index is -0.266. The van der Waals surface area contributed by atoms with E-state index in [4.69, 9.17) is 16.1 Å². The van der Waals surface area contributed by atoms with Gasteiger partial charge in [-0.25, -0.2) is 4.98 Å². The lowest BCUT2D eigenvalue weighted by Gasteiger charge is -2.09. The molecule has 0 bridgehead atoms. The molecule has 0 aliphatic rings. The number of nitrogens with one attached hydrogen (secondary N) is 1. The Hall–Kier alpha value is -3.45. The maximum Gasteiger partial charge on any atom is 0.257 e. The number of carbonyl (C=O) groups excluding carboxylic acids is 1. The van der Waals surface area contributed by atoms with E-state index in [-0.39, 0.29) is 5.91 Å². The minimum absolute atomic E-state index is 0.266. The molecular weight excluding hydrogens is 390 g/mol. The molecule has 0 fully saturated rings. The van der Waals surface area contributed by atoms with Crippen molar-refractivity contribution in [1.29, 1.82) is 0 Å². The molecule has 0 saturated carbocycles. The van der Waals surface area contributed by atoms with Gasteiger partial charge in [0.2, 0.25) is 0 Å². The van der Waals surface area contributed by atoms with Crippen LogP contribution in [0, 0.1) is 6.92 Å². The first-order chi connectivity index (χ1) is 14.1. The Labute approximate surface area is 172 Å². The van der Waals surface area contributed by atoms with Gasteiger partial charge < -0.3 is 14.4 Å². The van der Waals surface area contributed by atoms with Gasteiger partial charge >= 0.3 is 0 Å². The summed E-state index contributed by atoms with van der Waals surface area (Å²) in [4.78, 5) is 21.5. The largest absolute Gasteiger partial charge is 0.360 e. The highest BCUT2D eigenvalue weighted by atomic mass is 35.5. The normalized spacial score (nSPS) is 10.8. The van der Waals surface area contributed by atoms with E-state index in [0.717, 1.165) is 11.5 Å². The van der Waals surface area contributed by atoms with E-state index in [1.807, 2.05) is 41.1 Å². The van der Waals surface area contributed by atoms with Crippen molar-refractivity contribution < 1.29 is 9.32 Å². The van der Waals surface area contributed by atoms with Crippen LogP contribution in [0.4, 0.5) is 0 Å². The fourth-order valence-corrected chi connectivity index (χ4v) is 3.30. The molecule has 0 saturated heterocycles. The third-order valence-corrected chi connectivity index (χ3v) is 4.80. The summed E-state index contributed by atoms with van der Waals surface area (Å²) in [5.74, 6) is 0.921. The van der Waals surface area contributed by atoms with Gasteiger partial charge in [0.25, 0.3) is 5.91 Å². The molecule has 0 unspecified atom stereocenters. The van der Waals surface area contributed by atoms with Crippen LogP contribution < -0.4 is 5.32 Å². The van der Waals surface area contributed by atoms with Gasteiger partial charge in [-0.1, -0.05) is 41.0 Å². The average molecular weight is 408 g/mol. The summed E-state index contributed by atoms with van der Waals surface area (Å²) in [6, 6.07) is 12.9. The predicted molar refractivity (Wildman–Crippen MR) is 109 cm³/mol. The number of carbonyl (C=O) groups is 1. The van der Waals surface area contributed by atoms with Crippen LogP contribution in [0.5, 0.6) is 0 Å². The molecule has 29 heavy (non-hydrogen) atoms. The third-order valence-electron chi connectivity index (χ3n) is 4.47. The van der Waals surface area contributed by atoms with Crippen LogP contribution in [0.15, 0.2) is 65.6 Å². The zero-order chi connectivity index (χ0) is 20.2. The molecule has 8 heteroatoms. The molecule has 1 N–H and O–H groups in total. The van der Waals surface area contributed by atoms with Gasteiger partial charge in [-0.3, -0.25) is 9.78 Å². The zero-order valence-electron chi connectivity index (χ0n) is 15.7. The summed E-state index contributed by atoms with van der Waals surface area (Å²) < 4.78 is 7.20. The van der Waals surface area contributed by atoms with E-state index >= 15 is 0 Å². The van der Waals surface area contributed by atoms with Crippen molar-refractivity contribution in [2.45, 2.75) is 13.5 Å². The standard InChI is InChI=1S/C21H18ClN5O2/c1-14-18(19(26-29-14)15-6-2-3-7-16(15)22)21(28)25-11-13-27-12-10-24-20(27)17-8-4-5-9-23-17/h2-10,12H,11,13H2,1H3,(H,25,28). The van der Waals surface area contributed by atoms with Crippen molar-refractivity contribution >= 4 is 17.5 Å². The number of nitrogens with zero attached hydrogens (tertiary/aromatic N) is 4. The zero-order valence-corrected chi connectivity index (χ0v) is 16.4. The molecule has 1 amide bonds. The smallest absolute Gasteiger partial charge is 0.257 e. The van der Waals surface area contributed by atoms with Crippen LogP contribution in [0.3, 0.4) is 0 Å². The molecule has 4 aromatic rings. The fraction of sp³-hybridized carbons (Fsp3) is 0.143. The van der Waals surface area contributed by atoms with Gasteiger partial charge in [-0.15, -0.1) is 0 Å². The predicted octanol–water partition coefficient (Wildman–Crippen LogP) is 3.99. The average Bonchev–Trinajstić information content (AvgIpc) is 3.35. The van der Waals surface area contributed by atoms with Gasteiger partial charge in [-0.05, 0) is 25.1 Å². The van der Waals surface area contributed by atoms with Crippen molar-refractivity contribution in [3.63, 3.8) is 0 Å². The second kappa shape index (κ2) is 8.28. The first-order valence-electron chi connectivity index (χ1n) is 9.07. The molecule has 4 rings (SSSR count). The highest BCUT2D eigenvalue weighted by Crippen LogP contribution is 2.30. The van der Waals surface area contributed by atoms with Gasteiger partial charge in [0.15, 0.2) is 5.82 Å². The first-order valence-corrected chi connectivity index (χ1v) is 9.45. The number of aromatic nitrogens is 4. The minimum Gasteiger partial charge on any atom is -0.360 e. The quantitative estimate of drug-likeness (QED) is 0.522. The van der Waals surface area contributed by atoms with Crippen LogP contribution in [-0.4, -0.2) is 32.1 Å². The Morgan fingerprint density at radius 3 is 2.76 bits per heavy atom. The highest BCUT2D eigenvalue weighted by Gasteiger charge is 2.22. The second-order valence-corrected chi connectivity index (χ2v) is 6.76. The van der Waals surface area contributed by atoms with Crippen molar-refractivity contribution in [2.24, 2.45) is 0 Å². The fourth-order valence-electron chi connectivity index (χ4n) is 3.07. The molecule has 3 heterocycles. The number of imidazole rings is 1. The number of benzene rings is 1. The number of halogens is 1. The van der Waals surface area contributed by atoms with Crippen LogP contribution in [-0.2, 0) is 6.54 Å². The van der Waals surface area contributed by atoms with Gasteiger partial charge in [0.05, 0.1) is 5.02 Å². The Morgan fingerprint density at radius 1 is 1.14 bits per heavy atom. The van der Waals surface area contributed by atoms with E-state index in [1.54, 1.807) is 31.5 Å².